The van der Waals surface area contributed by atoms with Gasteiger partial charge in [0.2, 0.25) is 0 Å². The number of hydrogen-bond donors (Lipinski definition) is 2. The second kappa shape index (κ2) is 4.51. The molecule has 2 fully saturated rings. The summed E-state index contributed by atoms with van der Waals surface area (Å²) in [6, 6.07) is 0.640. The van der Waals surface area contributed by atoms with E-state index in [1.54, 1.807) is 6.20 Å². The van der Waals surface area contributed by atoms with Gasteiger partial charge in [0.1, 0.15) is 11.6 Å². The molecular formula is C13H20N4. The van der Waals surface area contributed by atoms with E-state index in [0.717, 1.165) is 30.0 Å². The average molecular weight is 232 g/mol. The lowest BCUT2D eigenvalue weighted by Gasteiger charge is -2.18. The third kappa shape index (κ3) is 2.68. The Bertz CT molecular complexity index is 373. The summed E-state index contributed by atoms with van der Waals surface area (Å²) in [5.41, 5.74) is 0. The first kappa shape index (κ1) is 10.8. The number of anilines is 2. The first-order chi connectivity index (χ1) is 8.36. The van der Waals surface area contributed by atoms with E-state index in [9.17, 15) is 0 Å². The minimum atomic E-state index is 0.640. The van der Waals surface area contributed by atoms with Crippen molar-refractivity contribution in [1.82, 2.24) is 9.97 Å². The van der Waals surface area contributed by atoms with E-state index >= 15 is 0 Å². The second-order valence-corrected chi connectivity index (χ2v) is 5.16. The lowest BCUT2D eigenvalue weighted by Crippen LogP contribution is -2.25. The van der Waals surface area contributed by atoms with Crippen molar-refractivity contribution in [3.63, 3.8) is 0 Å². The van der Waals surface area contributed by atoms with E-state index in [4.69, 9.17) is 0 Å². The molecule has 1 aromatic rings. The summed E-state index contributed by atoms with van der Waals surface area (Å²) in [7, 11) is 0. The van der Waals surface area contributed by atoms with Crippen LogP contribution >= 0.6 is 0 Å². The van der Waals surface area contributed by atoms with E-state index in [1.165, 1.54) is 25.7 Å². The maximum absolute atomic E-state index is 4.54. The third-order valence-electron chi connectivity index (χ3n) is 3.57. The number of nitrogens with zero attached hydrogens (tertiary/aromatic N) is 2. The molecule has 0 saturated heterocycles. The van der Waals surface area contributed by atoms with Crippen LogP contribution in [0.4, 0.5) is 11.6 Å². The Balaban J connectivity index is 1.67. The highest BCUT2D eigenvalue weighted by molar-refractivity contribution is 5.42. The number of hydrogen-bond acceptors (Lipinski definition) is 4. The zero-order valence-corrected chi connectivity index (χ0v) is 10.3. The van der Waals surface area contributed by atoms with Gasteiger partial charge in [-0.25, -0.2) is 4.98 Å². The van der Waals surface area contributed by atoms with E-state index < -0.39 is 0 Å². The van der Waals surface area contributed by atoms with Crippen LogP contribution in [-0.4, -0.2) is 22.6 Å². The van der Waals surface area contributed by atoms with Crippen LogP contribution in [0.1, 0.15) is 32.6 Å². The third-order valence-corrected chi connectivity index (χ3v) is 3.57. The van der Waals surface area contributed by atoms with Crippen molar-refractivity contribution >= 4 is 11.6 Å². The molecule has 0 radical (unpaired) electrons. The van der Waals surface area contributed by atoms with Gasteiger partial charge in [-0.15, -0.1) is 0 Å². The topological polar surface area (TPSA) is 49.8 Å². The summed E-state index contributed by atoms with van der Waals surface area (Å²) in [6.45, 7) is 2.95. The zero-order chi connectivity index (χ0) is 11.7. The summed E-state index contributed by atoms with van der Waals surface area (Å²) < 4.78 is 0. The summed E-state index contributed by atoms with van der Waals surface area (Å²) in [6.07, 6.45) is 9.14. The number of aromatic nitrogens is 2. The largest absolute Gasteiger partial charge is 0.369 e. The van der Waals surface area contributed by atoms with Gasteiger partial charge in [-0.3, -0.25) is 4.98 Å². The molecular weight excluding hydrogens is 212 g/mol. The minimum Gasteiger partial charge on any atom is -0.369 e. The Kier molecular flexibility index (Phi) is 2.87. The molecule has 4 nitrogen and oxygen atoms in total. The Morgan fingerprint density at radius 2 is 1.82 bits per heavy atom. The molecule has 17 heavy (non-hydrogen) atoms. The van der Waals surface area contributed by atoms with Gasteiger partial charge in [0, 0.05) is 12.6 Å². The second-order valence-electron chi connectivity index (χ2n) is 5.16. The lowest BCUT2D eigenvalue weighted by molar-refractivity contribution is 0.565. The Hall–Kier alpha value is -1.32. The van der Waals surface area contributed by atoms with E-state index in [0.29, 0.717) is 6.04 Å². The van der Waals surface area contributed by atoms with Crippen molar-refractivity contribution in [2.45, 2.75) is 38.6 Å². The van der Waals surface area contributed by atoms with Gasteiger partial charge in [0.15, 0.2) is 0 Å². The standard InChI is InChI=1S/C13H20N4/c1-2-15-11-7-14-8-12(16-11)17-13(9-3-4-9)10-5-6-10/h7-10,13H,2-6H2,1H3,(H2,15,16,17). The van der Waals surface area contributed by atoms with Gasteiger partial charge in [0.25, 0.3) is 0 Å². The number of nitrogens with one attached hydrogen (secondary N) is 2. The van der Waals surface area contributed by atoms with Gasteiger partial charge < -0.3 is 10.6 Å². The van der Waals surface area contributed by atoms with Crippen LogP contribution in [0, 0.1) is 11.8 Å². The van der Waals surface area contributed by atoms with E-state index in [-0.39, 0.29) is 0 Å². The Labute approximate surface area is 102 Å². The maximum Gasteiger partial charge on any atom is 0.147 e. The molecule has 2 aliphatic carbocycles. The van der Waals surface area contributed by atoms with Gasteiger partial charge >= 0.3 is 0 Å². The molecule has 1 heterocycles. The van der Waals surface area contributed by atoms with Gasteiger partial charge in [-0.1, -0.05) is 0 Å². The Morgan fingerprint density at radius 3 is 2.41 bits per heavy atom. The molecule has 0 atom stereocenters. The van der Waals surface area contributed by atoms with E-state index in [2.05, 4.69) is 27.5 Å². The summed E-state index contributed by atoms with van der Waals surface area (Å²) in [5, 5.41) is 6.79. The molecule has 3 rings (SSSR count). The quantitative estimate of drug-likeness (QED) is 0.791. The van der Waals surface area contributed by atoms with Crippen LogP contribution in [-0.2, 0) is 0 Å². The summed E-state index contributed by atoms with van der Waals surface area (Å²) >= 11 is 0. The number of rotatable bonds is 6. The van der Waals surface area contributed by atoms with Crippen LogP contribution in [0.5, 0.6) is 0 Å². The van der Waals surface area contributed by atoms with Gasteiger partial charge in [0.05, 0.1) is 12.4 Å². The fourth-order valence-corrected chi connectivity index (χ4v) is 2.40. The van der Waals surface area contributed by atoms with Gasteiger partial charge in [-0.05, 0) is 44.4 Å². The molecule has 4 heteroatoms. The van der Waals surface area contributed by atoms with Crippen molar-refractivity contribution in [3.05, 3.63) is 12.4 Å². The molecule has 1 aromatic heterocycles. The normalized spacial score (nSPS) is 19.4. The van der Waals surface area contributed by atoms with Crippen LogP contribution < -0.4 is 10.6 Å². The highest BCUT2D eigenvalue weighted by Crippen LogP contribution is 2.45. The van der Waals surface area contributed by atoms with Gasteiger partial charge in [-0.2, -0.15) is 0 Å². The highest BCUT2D eigenvalue weighted by Gasteiger charge is 2.41. The predicted molar refractivity (Wildman–Crippen MR) is 69.1 cm³/mol. The van der Waals surface area contributed by atoms with E-state index in [1.807, 2.05) is 6.20 Å². The molecule has 0 bridgehead atoms. The molecule has 2 saturated carbocycles. The molecule has 0 amide bonds. The van der Waals surface area contributed by atoms with Crippen molar-refractivity contribution in [2.24, 2.45) is 11.8 Å². The maximum atomic E-state index is 4.54. The molecule has 0 unspecified atom stereocenters. The highest BCUT2D eigenvalue weighted by atomic mass is 15.1. The molecule has 0 aromatic carbocycles. The Morgan fingerprint density at radius 1 is 1.18 bits per heavy atom. The fraction of sp³-hybridized carbons (Fsp3) is 0.692. The van der Waals surface area contributed by atoms with Crippen LogP contribution in [0.15, 0.2) is 12.4 Å². The smallest absolute Gasteiger partial charge is 0.147 e. The van der Waals surface area contributed by atoms with Crippen LogP contribution in [0.25, 0.3) is 0 Å². The molecule has 2 N–H and O–H groups in total. The van der Waals surface area contributed by atoms with Crippen molar-refractivity contribution in [3.8, 4) is 0 Å². The molecule has 2 aliphatic rings. The zero-order valence-electron chi connectivity index (χ0n) is 10.3. The fourth-order valence-electron chi connectivity index (χ4n) is 2.40. The lowest BCUT2D eigenvalue weighted by atomic mass is 10.1. The summed E-state index contributed by atoms with van der Waals surface area (Å²) in [5.74, 6) is 3.55. The minimum absolute atomic E-state index is 0.640. The SMILES string of the molecule is CCNc1cncc(NC(C2CC2)C2CC2)n1. The van der Waals surface area contributed by atoms with Crippen molar-refractivity contribution in [1.29, 1.82) is 0 Å². The monoisotopic (exact) mass is 232 g/mol. The first-order valence-corrected chi connectivity index (χ1v) is 6.69. The average Bonchev–Trinajstić information content (AvgIpc) is 3.19. The predicted octanol–water partition coefficient (Wildman–Crippen LogP) is 2.51. The van der Waals surface area contributed by atoms with Crippen molar-refractivity contribution < 1.29 is 0 Å². The molecule has 0 spiro atoms. The first-order valence-electron chi connectivity index (χ1n) is 6.69. The summed E-state index contributed by atoms with van der Waals surface area (Å²) in [4.78, 5) is 8.77. The van der Waals surface area contributed by atoms with Crippen LogP contribution in [0.3, 0.4) is 0 Å². The van der Waals surface area contributed by atoms with Crippen molar-refractivity contribution in [2.75, 3.05) is 17.2 Å². The molecule has 92 valence electrons. The molecule has 0 aliphatic heterocycles. The van der Waals surface area contributed by atoms with Crippen LogP contribution in [0.2, 0.25) is 0 Å².